The molecule has 0 saturated carbocycles. The lowest BCUT2D eigenvalue weighted by Crippen LogP contribution is -2.24. The molecule has 1 N–H and O–H groups in total. The zero-order valence-corrected chi connectivity index (χ0v) is 8.52. The van der Waals surface area contributed by atoms with Gasteiger partial charge in [-0.15, -0.1) is 0 Å². The average Bonchev–Trinajstić information content (AvgIpc) is 2.21. The Morgan fingerprint density at radius 3 is 2.46 bits per heavy atom. The van der Waals surface area contributed by atoms with Gasteiger partial charge in [0.25, 0.3) is 0 Å². The van der Waals surface area contributed by atoms with E-state index in [-0.39, 0.29) is 0 Å². The Morgan fingerprint density at radius 1 is 1.08 bits per heavy atom. The highest BCUT2D eigenvalue weighted by Gasteiger charge is 2.12. The van der Waals surface area contributed by atoms with Crippen LogP contribution in [0, 0.1) is 0 Å². The largest absolute Gasteiger partial charge is 0.382 e. The Hall–Kier alpha value is -0.630. The van der Waals surface area contributed by atoms with Crippen LogP contribution in [-0.4, -0.2) is 17.5 Å². The Labute approximate surface area is 83.9 Å². The first-order valence-corrected chi connectivity index (χ1v) is 6.00. The van der Waals surface area contributed by atoms with E-state index in [1.807, 2.05) is 0 Å². The Kier molecular flexibility index (Phi) is 3.14. The van der Waals surface area contributed by atoms with Crippen molar-refractivity contribution < 1.29 is 0 Å². The summed E-state index contributed by atoms with van der Waals surface area (Å²) in [7, 11) is 0. The second-order valence-electron chi connectivity index (χ2n) is 3.40. The lowest BCUT2D eigenvalue weighted by atomic mass is 10.1. The lowest BCUT2D eigenvalue weighted by Gasteiger charge is -2.23. The molecule has 1 aromatic carbocycles. The van der Waals surface area contributed by atoms with Crippen LogP contribution < -0.4 is 5.32 Å². The van der Waals surface area contributed by atoms with Gasteiger partial charge < -0.3 is 5.32 Å². The number of para-hydroxylation sites is 1. The van der Waals surface area contributed by atoms with Crippen molar-refractivity contribution >= 4 is 17.4 Å². The maximum atomic E-state index is 3.57. The summed E-state index contributed by atoms with van der Waals surface area (Å²) in [6.07, 6.45) is 2.61. The van der Waals surface area contributed by atoms with Crippen LogP contribution in [0.25, 0.3) is 0 Å². The monoisotopic (exact) mass is 193 g/mol. The topological polar surface area (TPSA) is 12.0 Å². The summed E-state index contributed by atoms with van der Waals surface area (Å²) in [4.78, 5) is 0. The van der Waals surface area contributed by atoms with Crippen LogP contribution in [0.1, 0.15) is 12.8 Å². The van der Waals surface area contributed by atoms with E-state index in [1.54, 1.807) is 0 Å². The van der Waals surface area contributed by atoms with E-state index in [1.165, 1.54) is 30.0 Å². The molecule has 0 spiro atoms. The fourth-order valence-corrected chi connectivity index (χ4v) is 2.72. The third-order valence-corrected chi connectivity index (χ3v) is 3.41. The summed E-state index contributed by atoms with van der Waals surface area (Å²) in [6.45, 7) is 0. The highest BCUT2D eigenvalue weighted by atomic mass is 32.2. The van der Waals surface area contributed by atoms with E-state index >= 15 is 0 Å². The van der Waals surface area contributed by atoms with Gasteiger partial charge in [-0.2, -0.15) is 11.8 Å². The lowest BCUT2D eigenvalue weighted by molar-refractivity contribution is 0.667. The van der Waals surface area contributed by atoms with Crippen LogP contribution in [0.5, 0.6) is 0 Å². The molecular formula is C11H15NS. The summed E-state index contributed by atoms with van der Waals surface area (Å²) in [5, 5.41) is 3.57. The predicted octanol–water partition coefficient (Wildman–Crippen LogP) is 2.99. The highest BCUT2D eigenvalue weighted by molar-refractivity contribution is 7.99. The Bertz CT molecular complexity index is 242. The van der Waals surface area contributed by atoms with Gasteiger partial charge in [0, 0.05) is 11.7 Å². The smallest absolute Gasteiger partial charge is 0.0342 e. The molecule has 2 heteroatoms. The van der Waals surface area contributed by atoms with Gasteiger partial charge in [-0.05, 0) is 36.5 Å². The standard InChI is InChI=1S/C11H15NS/c1-2-4-10(5-3-1)12-11-6-8-13-9-7-11/h1-5,11-12H,6-9H2. The maximum Gasteiger partial charge on any atom is 0.0342 e. The van der Waals surface area contributed by atoms with E-state index in [4.69, 9.17) is 0 Å². The van der Waals surface area contributed by atoms with E-state index in [0.717, 1.165) is 0 Å². The predicted molar refractivity (Wildman–Crippen MR) is 60.4 cm³/mol. The zero-order chi connectivity index (χ0) is 8.93. The molecule has 0 amide bonds. The second-order valence-corrected chi connectivity index (χ2v) is 4.62. The van der Waals surface area contributed by atoms with Crippen molar-refractivity contribution in [3.05, 3.63) is 30.3 Å². The van der Waals surface area contributed by atoms with Crippen LogP contribution >= 0.6 is 11.8 Å². The number of nitrogens with one attached hydrogen (secondary N) is 1. The quantitative estimate of drug-likeness (QED) is 0.775. The third kappa shape index (κ3) is 2.66. The number of rotatable bonds is 2. The van der Waals surface area contributed by atoms with Crippen LogP contribution in [0.15, 0.2) is 30.3 Å². The van der Waals surface area contributed by atoms with Crippen molar-refractivity contribution in [3.63, 3.8) is 0 Å². The number of anilines is 1. The molecule has 2 rings (SSSR count). The van der Waals surface area contributed by atoms with Crippen LogP contribution in [0.3, 0.4) is 0 Å². The van der Waals surface area contributed by atoms with Crippen molar-refractivity contribution in [2.24, 2.45) is 0 Å². The van der Waals surface area contributed by atoms with E-state index in [2.05, 4.69) is 47.4 Å². The van der Waals surface area contributed by atoms with Crippen molar-refractivity contribution in [3.8, 4) is 0 Å². The fourth-order valence-electron chi connectivity index (χ4n) is 1.61. The summed E-state index contributed by atoms with van der Waals surface area (Å²) in [5.74, 6) is 2.62. The molecule has 1 aliphatic heterocycles. The van der Waals surface area contributed by atoms with Gasteiger partial charge in [-0.1, -0.05) is 18.2 Å². The molecule has 0 atom stereocenters. The number of hydrogen-bond acceptors (Lipinski definition) is 2. The molecule has 1 nitrogen and oxygen atoms in total. The van der Waals surface area contributed by atoms with Gasteiger partial charge >= 0.3 is 0 Å². The van der Waals surface area contributed by atoms with Gasteiger partial charge in [-0.25, -0.2) is 0 Å². The molecule has 1 fully saturated rings. The molecule has 1 saturated heterocycles. The molecular weight excluding hydrogens is 178 g/mol. The maximum absolute atomic E-state index is 3.57. The minimum atomic E-state index is 0.698. The van der Waals surface area contributed by atoms with Crippen molar-refractivity contribution in [1.29, 1.82) is 0 Å². The summed E-state index contributed by atoms with van der Waals surface area (Å²) >= 11 is 2.07. The number of thioether (sulfide) groups is 1. The minimum Gasteiger partial charge on any atom is -0.382 e. The van der Waals surface area contributed by atoms with E-state index in [0.29, 0.717) is 6.04 Å². The molecule has 0 bridgehead atoms. The summed E-state index contributed by atoms with van der Waals surface area (Å²) in [5.41, 5.74) is 1.26. The Balaban J connectivity index is 1.90. The van der Waals surface area contributed by atoms with Crippen molar-refractivity contribution in [1.82, 2.24) is 0 Å². The first-order valence-electron chi connectivity index (χ1n) is 4.84. The highest BCUT2D eigenvalue weighted by Crippen LogP contribution is 2.20. The number of benzene rings is 1. The van der Waals surface area contributed by atoms with Crippen molar-refractivity contribution in [2.45, 2.75) is 18.9 Å². The summed E-state index contributed by atoms with van der Waals surface area (Å²) in [6, 6.07) is 11.2. The van der Waals surface area contributed by atoms with Crippen molar-refractivity contribution in [2.75, 3.05) is 16.8 Å². The summed E-state index contributed by atoms with van der Waals surface area (Å²) < 4.78 is 0. The normalized spacial score (nSPS) is 18.5. The van der Waals surface area contributed by atoms with Gasteiger partial charge in [0.15, 0.2) is 0 Å². The van der Waals surface area contributed by atoms with Gasteiger partial charge in [0.05, 0.1) is 0 Å². The second kappa shape index (κ2) is 4.56. The first-order chi connectivity index (χ1) is 6.45. The average molecular weight is 193 g/mol. The fraction of sp³-hybridized carbons (Fsp3) is 0.455. The zero-order valence-electron chi connectivity index (χ0n) is 7.70. The first kappa shape index (κ1) is 8.95. The molecule has 0 aliphatic carbocycles. The number of hydrogen-bond donors (Lipinski definition) is 1. The van der Waals surface area contributed by atoms with Gasteiger partial charge in [0.1, 0.15) is 0 Å². The molecule has 1 heterocycles. The van der Waals surface area contributed by atoms with Gasteiger partial charge in [0.2, 0.25) is 0 Å². The molecule has 70 valence electrons. The molecule has 1 aliphatic rings. The van der Waals surface area contributed by atoms with Crippen LogP contribution in [-0.2, 0) is 0 Å². The van der Waals surface area contributed by atoms with E-state index < -0.39 is 0 Å². The molecule has 0 radical (unpaired) electrons. The van der Waals surface area contributed by atoms with Crippen LogP contribution in [0.4, 0.5) is 5.69 Å². The third-order valence-electron chi connectivity index (χ3n) is 2.37. The SMILES string of the molecule is c1ccc(NC2CCSCC2)cc1. The molecule has 13 heavy (non-hydrogen) atoms. The minimum absolute atomic E-state index is 0.698. The van der Waals surface area contributed by atoms with Gasteiger partial charge in [-0.3, -0.25) is 0 Å². The molecule has 1 aromatic rings. The van der Waals surface area contributed by atoms with Crippen LogP contribution in [0.2, 0.25) is 0 Å². The molecule has 0 unspecified atom stereocenters. The molecule has 0 aromatic heterocycles. The Morgan fingerprint density at radius 2 is 1.77 bits per heavy atom. The van der Waals surface area contributed by atoms with E-state index in [9.17, 15) is 0 Å².